The molecule has 1 amide bonds. The fraction of sp³-hybridized carbons (Fsp3) is 0.222. The predicted molar refractivity (Wildman–Crippen MR) is 93.7 cm³/mol. The van der Waals surface area contributed by atoms with E-state index in [1.54, 1.807) is 42.5 Å². The van der Waals surface area contributed by atoms with E-state index in [4.69, 9.17) is 33.0 Å². The van der Waals surface area contributed by atoms with Gasteiger partial charge in [-0.3, -0.25) is 9.59 Å². The minimum atomic E-state index is -1.10. The molecule has 7 heteroatoms. The monoisotopic (exact) mass is 379 g/mol. The van der Waals surface area contributed by atoms with E-state index in [1.807, 2.05) is 6.07 Å². The van der Waals surface area contributed by atoms with Crippen LogP contribution in [-0.4, -0.2) is 23.1 Å². The third kappa shape index (κ3) is 4.12. The molecule has 0 saturated carbocycles. The molecule has 1 saturated heterocycles. The van der Waals surface area contributed by atoms with E-state index in [-0.39, 0.29) is 0 Å². The van der Waals surface area contributed by atoms with Crippen molar-refractivity contribution in [2.24, 2.45) is 0 Å². The quantitative estimate of drug-likeness (QED) is 0.847. The minimum Gasteiger partial charge on any atom is -0.481 e. The topological polar surface area (TPSA) is 75.6 Å². The van der Waals surface area contributed by atoms with Crippen LogP contribution in [0.1, 0.15) is 29.7 Å². The van der Waals surface area contributed by atoms with Crippen LogP contribution in [0.5, 0.6) is 0 Å². The molecule has 2 aromatic carbocycles. The maximum Gasteiger partial charge on any atom is 0.306 e. The number of ether oxygens (including phenoxy) is 1. The molecule has 1 fully saturated rings. The number of hydrogen-bond acceptors (Lipinski definition) is 3. The van der Waals surface area contributed by atoms with Gasteiger partial charge in [0.05, 0.1) is 12.5 Å². The summed E-state index contributed by atoms with van der Waals surface area (Å²) in [5.41, 5.74) is 1.55. The van der Waals surface area contributed by atoms with Gasteiger partial charge in [0.1, 0.15) is 12.2 Å². The average molecular weight is 380 g/mol. The number of carbonyl (C=O) groups excluding carboxylic acids is 1. The van der Waals surface area contributed by atoms with E-state index >= 15 is 0 Å². The van der Waals surface area contributed by atoms with Crippen molar-refractivity contribution in [3.8, 4) is 0 Å². The smallest absolute Gasteiger partial charge is 0.306 e. The van der Waals surface area contributed by atoms with Crippen molar-refractivity contribution in [2.45, 2.75) is 24.7 Å². The van der Waals surface area contributed by atoms with E-state index in [1.165, 1.54) is 0 Å². The zero-order valence-corrected chi connectivity index (χ0v) is 14.5. The Labute approximate surface area is 154 Å². The van der Waals surface area contributed by atoms with Gasteiger partial charge >= 0.3 is 5.97 Å². The highest BCUT2D eigenvalue weighted by atomic mass is 35.5. The van der Waals surface area contributed by atoms with Crippen LogP contribution in [0, 0.1) is 0 Å². The number of rotatable bonds is 4. The number of amides is 1. The normalized spacial score (nSPS) is 23.1. The van der Waals surface area contributed by atoms with Gasteiger partial charge in [0.15, 0.2) is 0 Å². The Morgan fingerprint density at radius 1 is 1.08 bits per heavy atom. The second kappa shape index (κ2) is 7.44. The molecule has 3 atom stereocenters. The molecular formula is C18H15Cl2NO4. The third-order valence-corrected chi connectivity index (χ3v) is 4.46. The minimum absolute atomic E-state index is 0.407. The lowest BCUT2D eigenvalue weighted by atomic mass is 9.93. The first-order chi connectivity index (χ1) is 11.9. The van der Waals surface area contributed by atoms with Gasteiger partial charge in [-0.05, 0) is 35.4 Å². The largest absolute Gasteiger partial charge is 0.481 e. The molecule has 0 aromatic heterocycles. The molecule has 0 radical (unpaired) electrons. The molecule has 5 nitrogen and oxygen atoms in total. The molecule has 3 rings (SSSR count). The highest BCUT2D eigenvalue weighted by Crippen LogP contribution is 2.38. The van der Waals surface area contributed by atoms with Gasteiger partial charge in [0, 0.05) is 10.0 Å². The number of benzene rings is 2. The van der Waals surface area contributed by atoms with Crippen molar-refractivity contribution in [3.05, 3.63) is 69.7 Å². The SMILES string of the molecule is O=C(O)C[C@H]1O[C@H](c2cccc(Cl)c2)[C@@H](c2ccc(Cl)cc2)NC1=O. The Bertz CT molecular complexity index is 794. The molecule has 2 aromatic rings. The second-order valence-corrected chi connectivity index (χ2v) is 6.61. The molecule has 1 aliphatic rings. The van der Waals surface area contributed by atoms with E-state index in [9.17, 15) is 9.59 Å². The summed E-state index contributed by atoms with van der Waals surface area (Å²) in [6, 6.07) is 13.6. The molecule has 0 spiro atoms. The number of halogens is 2. The van der Waals surface area contributed by atoms with Crippen LogP contribution in [0.4, 0.5) is 0 Å². The number of aliphatic carboxylic acids is 1. The first-order valence-electron chi connectivity index (χ1n) is 7.62. The Morgan fingerprint density at radius 2 is 1.80 bits per heavy atom. The lowest BCUT2D eigenvalue weighted by Crippen LogP contribution is -2.48. The summed E-state index contributed by atoms with van der Waals surface area (Å²) in [4.78, 5) is 23.3. The second-order valence-electron chi connectivity index (χ2n) is 5.74. The van der Waals surface area contributed by atoms with Gasteiger partial charge in [-0.2, -0.15) is 0 Å². The fourth-order valence-electron chi connectivity index (χ4n) is 2.82. The molecule has 1 heterocycles. The maximum absolute atomic E-state index is 12.3. The predicted octanol–water partition coefficient (Wildman–Crippen LogP) is 3.77. The molecule has 1 aliphatic heterocycles. The molecule has 0 aliphatic carbocycles. The highest BCUT2D eigenvalue weighted by Gasteiger charge is 2.39. The Morgan fingerprint density at radius 3 is 2.44 bits per heavy atom. The van der Waals surface area contributed by atoms with Gasteiger partial charge < -0.3 is 15.2 Å². The maximum atomic E-state index is 12.3. The van der Waals surface area contributed by atoms with Crippen LogP contribution in [0.15, 0.2) is 48.5 Å². The summed E-state index contributed by atoms with van der Waals surface area (Å²) in [6.45, 7) is 0. The highest BCUT2D eigenvalue weighted by molar-refractivity contribution is 6.30. The van der Waals surface area contributed by atoms with Crippen LogP contribution >= 0.6 is 23.2 Å². The standard InChI is InChI=1S/C18H15Cl2NO4/c19-12-6-4-10(5-7-12)16-17(11-2-1-3-13(20)8-11)25-14(9-15(22)23)18(24)21-16/h1-8,14,16-17H,9H2,(H,21,24)(H,22,23)/t14-,16-,17-/m1/s1. The Hall–Kier alpha value is -2.08. The number of hydrogen-bond donors (Lipinski definition) is 2. The molecule has 0 bridgehead atoms. The van der Waals surface area contributed by atoms with Gasteiger partial charge in [0.2, 0.25) is 5.91 Å². The summed E-state index contributed by atoms with van der Waals surface area (Å²) < 4.78 is 5.86. The first kappa shape index (κ1) is 17.7. The number of carboxylic acid groups (broad SMARTS) is 1. The van der Waals surface area contributed by atoms with E-state index in [0.29, 0.717) is 10.0 Å². The number of nitrogens with one attached hydrogen (secondary N) is 1. The lowest BCUT2D eigenvalue weighted by molar-refractivity contribution is -0.159. The van der Waals surface area contributed by atoms with Crippen molar-refractivity contribution >= 4 is 35.1 Å². The summed E-state index contributed by atoms with van der Waals surface area (Å²) in [7, 11) is 0. The summed E-state index contributed by atoms with van der Waals surface area (Å²) in [5, 5.41) is 13.0. The third-order valence-electron chi connectivity index (χ3n) is 3.97. The van der Waals surface area contributed by atoms with E-state index < -0.39 is 36.5 Å². The van der Waals surface area contributed by atoms with Crippen LogP contribution in [-0.2, 0) is 14.3 Å². The molecule has 25 heavy (non-hydrogen) atoms. The Balaban J connectivity index is 1.97. The number of morpholine rings is 1. The van der Waals surface area contributed by atoms with Crippen molar-refractivity contribution in [1.29, 1.82) is 0 Å². The molecule has 2 N–H and O–H groups in total. The average Bonchev–Trinajstić information content (AvgIpc) is 2.57. The van der Waals surface area contributed by atoms with Gasteiger partial charge in [-0.25, -0.2) is 0 Å². The van der Waals surface area contributed by atoms with Crippen molar-refractivity contribution in [1.82, 2.24) is 5.32 Å². The van der Waals surface area contributed by atoms with Crippen molar-refractivity contribution in [3.63, 3.8) is 0 Å². The van der Waals surface area contributed by atoms with Crippen molar-refractivity contribution in [2.75, 3.05) is 0 Å². The number of carbonyl (C=O) groups is 2. The van der Waals surface area contributed by atoms with Crippen LogP contribution in [0.2, 0.25) is 10.0 Å². The van der Waals surface area contributed by atoms with Crippen LogP contribution in [0.3, 0.4) is 0 Å². The van der Waals surface area contributed by atoms with Crippen LogP contribution < -0.4 is 5.32 Å². The summed E-state index contributed by atoms with van der Waals surface area (Å²) in [6.07, 6.45) is -2.04. The fourth-order valence-corrected chi connectivity index (χ4v) is 3.15. The Kier molecular flexibility index (Phi) is 5.27. The lowest BCUT2D eigenvalue weighted by Gasteiger charge is -2.37. The summed E-state index contributed by atoms with van der Waals surface area (Å²) >= 11 is 12.0. The molecule has 130 valence electrons. The summed E-state index contributed by atoms with van der Waals surface area (Å²) in [5.74, 6) is -1.56. The first-order valence-corrected chi connectivity index (χ1v) is 8.38. The van der Waals surface area contributed by atoms with Crippen LogP contribution in [0.25, 0.3) is 0 Å². The zero-order valence-electron chi connectivity index (χ0n) is 13.0. The van der Waals surface area contributed by atoms with Gasteiger partial charge in [-0.1, -0.05) is 47.5 Å². The van der Waals surface area contributed by atoms with Gasteiger partial charge in [-0.15, -0.1) is 0 Å². The van der Waals surface area contributed by atoms with Gasteiger partial charge in [0.25, 0.3) is 0 Å². The van der Waals surface area contributed by atoms with E-state index in [0.717, 1.165) is 11.1 Å². The number of carboxylic acids is 1. The van der Waals surface area contributed by atoms with Crippen molar-refractivity contribution < 1.29 is 19.4 Å². The van der Waals surface area contributed by atoms with E-state index in [2.05, 4.69) is 5.32 Å². The zero-order chi connectivity index (χ0) is 18.0. The molecule has 0 unspecified atom stereocenters. The molecular weight excluding hydrogens is 365 g/mol.